The highest BCUT2D eigenvalue weighted by Gasteiger charge is 2.17. The van der Waals surface area contributed by atoms with Gasteiger partial charge in [-0.05, 0) is 31.9 Å². The van der Waals surface area contributed by atoms with E-state index >= 15 is 0 Å². The normalized spacial score (nSPS) is 10.7. The number of hydrogen-bond acceptors (Lipinski definition) is 5. The fraction of sp³-hybridized carbons (Fsp3) is 0.235. The van der Waals surface area contributed by atoms with Gasteiger partial charge in [0.2, 0.25) is 5.88 Å². The maximum Gasteiger partial charge on any atom is 0.258 e. The van der Waals surface area contributed by atoms with E-state index in [4.69, 9.17) is 10.00 Å². The first kappa shape index (κ1) is 15.6. The molecule has 0 bridgehead atoms. The van der Waals surface area contributed by atoms with E-state index in [0.717, 1.165) is 5.75 Å². The van der Waals surface area contributed by atoms with Crippen LogP contribution in [0.3, 0.4) is 0 Å². The van der Waals surface area contributed by atoms with Crippen LogP contribution in [0.4, 0.5) is 0 Å². The molecule has 1 aromatic carbocycles. The summed E-state index contributed by atoms with van der Waals surface area (Å²) in [5, 5.41) is 23.5. The van der Waals surface area contributed by atoms with E-state index in [-0.39, 0.29) is 22.7 Å². The first-order valence-electron chi connectivity index (χ1n) is 7.53. The fourth-order valence-electron chi connectivity index (χ4n) is 2.52. The van der Waals surface area contributed by atoms with Crippen molar-refractivity contribution in [2.75, 3.05) is 6.61 Å². The van der Waals surface area contributed by atoms with Gasteiger partial charge in [0.15, 0.2) is 5.65 Å². The van der Waals surface area contributed by atoms with Crippen LogP contribution in [0.15, 0.2) is 35.1 Å². The lowest BCUT2D eigenvalue weighted by atomic mass is 10.2. The lowest BCUT2D eigenvalue weighted by molar-refractivity contribution is 0.309. The number of aryl methyl sites for hydroxylation is 1. The van der Waals surface area contributed by atoms with Crippen LogP contribution >= 0.6 is 0 Å². The number of aromatic amines is 1. The van der Waals surface area contributed by atoms with Crippen LogP contribution in [-0.4, -0.2) is 26.3 Å². The monoisotopic (exact) mass is 324 g/mol. The number of fused-ring (bicyclic) bond motifs is 1. The highest BCUT2D eigenvalue weighted by molar-refractivity contribution is 5.58. The lowest BCUT2D eigenvalue weighted by Gasteiger charge is -2.07. The van der Waals surface area contributed by atoms with E-state index in [2.05, 4.69) is 10.1 Å². The summed E-state index contributed by atoms with van der Waals surface area (Å²) in [6, 6.07) is 11.4. The molecule has 122 valence electrons. The Morgan fingerprint density at radius 2 is 2.12 bits per heavy atom. The molecule has 7 heteroatoms. The summed E-state index contributed by atoms with van der Waals surface area (Å²) in [6.07, 6.45) is 0.896. The summed E-state index contributed by atoms with van der Waals surface area (Å²) in [5.41, 5.74) is 0.721. The number of aromatic hydroxyl groups is 1. The van der Waals surface area contributed by atoms with Gasteiger partial charge in [0.05, 0.1) is 17.9 Å². The molecule has 0 aliphatic rings. The van der Waals surface area contributed by atoms with Crippen molar-refractivity contribution in [3.63, 3.8) is 0 Å². The zero-order chi connectivity index (χ0) is 17.1. The topological polar surface area (TPSA) is 103 Å². The van der Waals surface area contributed by atoms with Crippen molar-refractivity contribution in [1.82, 2.24) is 14.6 Å². The van der Waals surface area contributed by atoms with Gasteiger partial charge in [0.1, 0.15) is 17.4 Å². The molecule has 0 amide bonds. The van der Waals surface area contributed by atoms with Crippen LogP contribution in [0.2, 0.25) is 0 Å². The largest absolute Gasteiger partial charge is 0.494 e. The lowest BCUT2D eigenvalue weighted by Crippen LogP contribution is -2.17. The summed E-state index contributed by atoms with van der Waals surface area (Å²) in [6.45, 7) is 2.07. The summed E-state index contributed by atoms with van der Waals surface area (Å²) in [5.74, 6) is 0.519. The Kier molecular flexibility index (Phi) is 4.20. The second-order valence-corrected chi connectivity index (χ2v) is 5.35. The minimum atomic E-state index is -0.420. The molecule has 0 aliphatic heterocycles. The number of aromatic nitrogens is 3. The van der Waals surface area contributed by atoms with Crippen molar-refractivity contribution in [2.24, 2.45) is 0 Å². The molecule has 0 fully saturated rings. The molecule has 0 saturated carbocycles. The number of hydrogen-bond donors (Lipinski definition) is 2. The van der Waals surface area contributed by atoms with E-state index in [1.807, 2.05) is 36.4 Å². The second-order valence-electron chi connectivity index (χ2n) is 5.35. The van der Waals surface area contributed by atoms with Crippen LogP contribution in [0.1, 0.15) is 23.2 Å². The van der Waals surface area contributed by atoms with Gasteiger partial charge in [0, 0.05) is 0 Å². The summed E-state index contributed by atoms with van der Waals surface area (Å²) >= 11 is 0. The Balaban J connectivity index is 1.78. The molecule has 0 saturated heterocycles. The standard InChI is InChI=1S/C17H16N4O3/c1-11-14(10-18)15-19-16(22)13(17(23)21(15)20-11)8-5-9-24-12-6-3-2-4-7-12/h2-4,6-7,23H,5,8-9H2,1H3,(H,19,22). The molecule has 0 radical (unpaired) electrons. The van der Waals surface area contributed by atoms with E-state index in [1.165, 1.54) is 4.52 Å². The van der Waals surface area contributed by atoms with Gasteiger partial charge in [-0.3, -0.25) is 4.79 Å². The number of nitrogens with zero attached hydrogens (tertiary/aromatic N) is 3. The number of nitriles is 1. The van der Waals surface area contributed by atoms with Crippen LogP contribution in [0, 0.1) is 18.3 Å². The minimum absolute atomic E-state index is 0.210. The van der Waals surface area contributed by atoms with Gasteiger partial charge >= 0.3 is 0 Å². The van der Waals surface area contributed by atoms with Crippen molar-refractivity contribution in [1.29, 1.82) is 5.26 Å². The highest BCUT2D eigenvalue weighted by Crippen LogP contribution is 2.20. The smallest absolute Gasteiger partial charge is 0.258 e. The molecule has 2 aromatic heterocycles. The molecule has 0 atom stereocenters. The van der Waals surface area contributed by atoms with Crippen LogP contribution in [0.25, 0.3) is 5.65 Å². The Morgan fingerprint density at radius 3 is 2.83 bits per heavy atom. The molecule has 0 aliphatic carbocycles. The molecular weight excluding hydrogens is 308 g/mol. The van der Waals surface area contributed by atoms with Crippen molar-refractivity contribution in [3.8, 4) is 17.7 Å². The predicted octanol–water partition coefficient (Wildman–Crippen LogP) is 1.92. The summed E-state index contributed by atoms with van der Waals surface area (Å²) in [4.78, 5) is 14.8. The molecule has 2 heterocycles. The van der Waals surface area contributed by atoms with Gasteiger partial charge in [-0.1, -0.05) is 18.2 Å². The van der Waals surface area contributed by atoms with E-state index < -0.39 is 5.56 Å². The Hall–Kier alpha value is -3.27. The van der Waals surface area contributed by atoms with Crippen LogP contribution in [0.5, 0.6) is 11.6 Å². The van der Waals surface area contributed by atoms with E-state index in [9.17, 15) is 9.90 Å². The van der Waals surface area contributed by atoms with Crippen molar-refractivity contribution >= 4 is 5.65 Å². The van der Waals surface area contributed by atoms with E-state index in [1.54, 1.807) is 6.92 Å². The van der Waals surface area contributed by atoms with Crippen molar-refractivity contribution in [2.45, 2.75) is 19.8 Å². The number of rotatable bonds is 5. The Bertz CT molecular complexity index is 967. The maximum atomic E-state index is 12.2. The molecular formula is C17H16N4O3. The molecule has 3 rings (SSSR count). The van der Waals surface area contributed by atoms with Crippen molar-refractivity contribution in [3.05, 3.63) is 57.5 Å². The first-order valence-corrected chi connectivity index (χ1v) is 7.53. The fourth-order valence-corrected chi connectivity index (χ4v) is 2.52. The number of para-hydroxylation sites is 1. The van der Waals surface area contributed by atoms with Gasteiger partial charge in [-0.2, -0.15) is 14.9 Å². The Morgan fingerprint density at radius 1 is 1.38 bits per heavy atom. The highest BCUT2D eigenvalue weighted by atomic mass is 16.5. The zero-order valence-electron chi connectivity index (χ0n) is 13.1. The summed E-state index contributed by atoms with van der Waals surface area (Å²) in [7, 11) is 0. The third-order valence-electron chi connectivity index (χ3n) is 3.73. The molecule has 3 aromatic rings. The van der Waals surface area contributed by atoms with E-state index in [0.29, 0.717) is 25.1 Å². The number of ether oxygens (including phenoxy) is 1. The van der Waals surface area contributed by atoms with Crippen LogP contribution < -0.4 is 10.3 Å². The van der Waals surface area contributed by atoms with Crippen molar-refractivity contribution < 1.29 is 9.84 Å². The van der Waals surface area contributed by atoms with Gasteiger partial charge in [0.25, 0.3) is 5.56 Å². The molecule has 7 nitrogen and oxygen atoms in total. The predicted molar refractivity (Wildman–Crippen MR) is 87.2 cm³/mol. The quantitative estimate of drug-likeness (QED) is 0.698. The molecule has 0 spiro atoms. The Labute approximate surface area is 137 Å². The third kappa shape index (κ3) is 2.82. The number of nitrogens with one attached hydrogen (secondary N) is 1. The zero-order valence-corrected chi connectivity index (χ0v) is 13.1. The minimum Gasteiger partial charge on any atom is -0.494 e. The second kappa shape index (κ2) is 6.46. The SMILES string of the molecule is Cc1nn2c(O)c(CCCOc3ccccc3)c(=O)[nH]c2c1C#N. The van der Waals surface area contributed by atoms with Gasteiger partial charge < -0.3 is 14.8 Å². The van der Waals surface area contributed by atoms with Gasteiger partial charge in [-0.15, -0.1) is 0 Å². The summed E-state index contributed by atoms with van der Waals surface area (Å²) < 4.78 is 6.77. The molecule has 0 unspecified atom stereocenters. The molecule has 2 N–H and O–H groups in total. The first-order chi connectivity index (χ1) is 11.6. The van der Waals surface area contributed by atoms with Crippen LogP contribution in [-0.2, 0) is 6.42 Å². The third-order valence-corrected chi connectivity index (χ3v) is 3.73. The maximum absolute atomic E-state index is 12.2. The van der Waals surface area contributed by atoms with Gasteiger partial charge in [-0.25, -0.2) is 0 Å². The number of H-pyrrole nitrogens is 1. The molecule has 24 heavy (non-hydrogen) atoms. The average Bonchev–Trinajstić information content (AvgIpc) is 2.90. The number of benzene rings is 1. The average molecular weight is 324 g/mol.